The highest BCUT2D eigenvalue weighted by Gasteiger charge is 2.30. The topological polar surface area (TPSA) is 54.0 Å². The van der Waals surface area contributed by atoms with Crippen molar-refractivity contribution in [2.24, 2.45) is 0 Å². The third-order valence-corrected chi connectivity index (χ3v) is 7.03. The summed E-state index contributed by atoms with van der Waals surface area (Å²) in [4.78, 5) is 17.0. The fraction of sp³-hybridized carbons (Fsp3) is 0.500. The van der Waals surface area contributed by atoms with Gasteiger partial charge in [-0.15, -0.1) is 0 Å². The van der Waals surface area contributed by atoms with Crippen LogP contribution < -0.4 is 19.7 Å². The number of hydrogen-bond donors (Lipinski definition) is 1. The Bertz CT molecular complexity index is 949. The van der Waals surface area contributed by atoms with Crippen molar-refractivity contribution in [1.82, 2.24) is 4.90 Å². The Morgan fingerprint density at radius 3 is 2.56 bits per heavy atom. The van der Waals surface area contributed by atoms with E-state index in [1.54, 1.807) is 7.11 Å². The van der Waals surface area contributed by atoms with Gasteiger partial charge < -0.3 is 19.7 Å². The molecule has 6 heteroatoms. The minimum absolute atomic E-state index is 0.0826. The van der Waals surface area contributed by atoms with Gasteiger partial charge in [0.05, 0.1) is 31.1 Å². The van der Waals surface area contributed by atoms with Crippen molar-refractivity contribution in [3.05, 3.63) is 48.0 Å². The molecule has 3 aliphatic rings. The zero-order chi connectivity index (χ0) is 21.9. The van der Waals surface area contributed by atoms with Crippen LogP contribution in [-0.4, -0.2) is 49.7 Å². The molecule has 0 aromatic heterocycles. The molecule has 2 fully saturated rings. The molecule has 1 saturated carbocycles. The van der Waals surface area contributed by atoms with Gasteiger partial charge in [0.2, 0.25) is 5.91 Å². The zero-order valence-corrected chi connectivity index (χ0v) is 18.9. The van der Waals surface area contributed by atoms with Crippen molar-refractivity contribution in [2.45, 2.75) is 57.2 Å². The Balaban J connectivity index is 1.21. The summed E-state index contributed by atoms with van der Waals surface area (Å²) in [5, 5.41) is 3.00. The van der Waals surface area contributed by atoms with Crippen molar-refractivity contribution >= 4 is 17.3 Å². The molecule has 0 unspecified atom stereocenters. The van der Waals surface area contributed by atoms with Crippen molar-refractivity contribution in [3.63, 3.8) is 0 Å². The van der Waals surface area contributed by atoms with Gasteiger partial charge in [-0.05, 0) is 68.4 Å². The van der Waals surface area contributed by atoms with E-state index >= 15 is 0 Å². The fourth-order valence-corrected chi connectivity index (χ4v) is 5.33. The number of likely N-dealkylation sites (tertiary alicyclic amines) is 1. The second-order valence-electron chi connectivity index (χ2n) is 9.21. The minimum Gasteiger partial charge on any atom is -0.493 e. The van der Waals surface area contributed by atoms with Crippen LogP contribution in [0.25, 0.3) is 0 Å². The molecule has 2 aromatic carbocycles. The van der Waals surface area contributed by atoms with Crippen LogP contribution in [0.15, 0.2) is 42.5 Å². The van der Waals surface area contributed by atoms with Gasteiger partial charge in [0.1, 0.15) is 0 Å². The predicted octanol–water partition coefficient (Wildman–Crippen LogP) is 4.44. The van der Waals surface area contributed by atoms with Crippen LogP contribution in [0.2, 0.25) is 0 Å². The number of anilines is 2. The first kappa shape index (κ1) is 21.1. The summed E-state index contributed by atoms with van der Waals surface area (Å²) in [6.45, 7) is 3.41. The number of ether oxygens (including phenoxy) is 2. The molecule has 32 heavy (non-hydrogen) atoms. The van der Waals surface area contributed by atoms with Gasteiger partial charge in [0.15, 0.2) is 11.5 Å². The van der Waals surface area contributed by atoms with Gasteiger partial charge in [-0.25, -0.2) is 0 Å². The molecule has 2 heterocycles. The molecular formula is C26H33N3O3. The molecular weight excluding hydrogens is 402 g/mol. The molecule has 1 saturated heterocycles. The van der Waals surface area contributed by atoms with Crippen LogP contribution in [-0.2, 0) is 11.3 Å². The van der Waals surface area contributed by atoms with Gasteiger partial charge in [0, 0.05) is 25.7 Å². The van der Waals surface area contributed by atoms with Crippen molar-refractivity contribution in [2.75, 3.05) is 37.0 Å². The Morgan fingerprint density at radius 1 is 1.00 bits per heavy atom. The first-order chi connectivity index (χ1) is 15.7. The normalized spacial score (nSPS) is 20.2. The average molecular weight is 436 g/mol. The van der Waals surface area contributed by atoms with Gasteiger partial charge in [0.25, 0.3) is 0 Å². The van der Waals surface area contributed by atoms with Crippen LogP contribution in [0.3, 0.4) is 0 Å². The Kier molecular flexibility index (Phi) is 6.21. The molecule has 0 radical (unpaired) electrons. The van der Waals surface area contributed by atoms with E-state index in [1.807, 2.05) is 24.3 Å². The number of carbonyl (C=O) groups excluding carboxylic acids is 1. The summed E-state index contributed by atoms with van der Waals surface area (Å²) in [6, 6.07) is 14.9. The summed E-state index contributed by atoms with van der Waals surface area (Å²) in [5.74, 6) is 1.78. The maximum Gasteiger partial charge on any atom is 0.243 e. The number of carbonyl (C=O) groups is 1. The Labute approximate surface area is 190 Å². The number of nitrogens with zero attached hydrogens (tertiary/aromatic N) is 2. The lowest BCUT2D eigenvalue weighted by atomic mass is 10.00. The molecule has 170 valence electrons. The summed E-state index contributed by atoms with van der Waals surface area (Å²) in [7, 11) is 1.71. The molecule has 0 bridgehead atoms. The maximum atomic E-state index is 12.2. The highest BCUT2D eigenvalue weighted by molar-refractivity contribution is 6.01. The van der Waals surface area contributed by atoms with E-state index in [4.69, 9.17) is 9.47 Å². The molecule has 2 aliphatic heterocycles. The van der Waals surface area contributed by atoms with Crippen LogP contribution in [0.4, 0.5) is 11.4 Å². The lowest BCUT2D eigenvalue weighted by Gasteiger charge is -2.41. The van der Waals surface area contributed by atoms with Crippen molar-refractivity contribution < 1.29 is 14.3 Å². The maximum absolute atomic E-state index is 12.2. The summed E-state index contributed by atoms with van der Waals surface area (Å²) < 4.78 is 11.8. The molecule has 6 nitrogen and oxygen atoms in total. The van der Waals surface area contributed by atoms with E-state index in [0.29, 0.717) is 18.7 Å². The number of piperidine rings is 1. The SMILES string of the molecule is COc1ccc(CN2CCC(N3CC(=O)Nc4ccccc43)CC2)cc1OC1CCCC1. The van der Waals surface area contributed by atoms with Gasteiger partial charge in [-0.3, -0.25) is 9.69 Å². The van der Waals surface area contributed by atoms with E-state index < -0.39 is 0 Å². The second-order valence-corrected chi connectivity index (χ2v) is 9.21. The number of nitrogens with one attached hydrogen (secondary N) is 1. The van der Waals surface area contributed by atoms with Gasteiger partial charge in [-0.1, -0.05) is 18.2 Å². The van der Waals surface area contributed by atoms with Crippen molar-refractivity contribution in [1.29, 1.82) is 0 Å². The molecule has 0 spiro atoms. The summed E-state index contributed by atoms with van der Waals surface area (Å²) in [5.41, 5.74) is 3.34. The second kappa shape index (κ2) is 9.41. The minimum atomic E-state index is 0.0826. The van der Waals surface area contributed by atoms with Crippen LogP contribution >= 0.6 is 0 Å². The quantitative estimate of drug-likeness (QED) is 0.727. The summed E-state index contributed by atoms with van der Waals surface area (Å²) >= 11 is 0. The smallest absolute Gasteiger partial charge is 0.243 e. The molecule has 1 aliphatic carbocycles. The summed E-state index contributed by atoms with van der Waals surface area (Å²) in [6.07, 6.45) is 7.22. The van der Waals surface area contributed by atoms with Crippen LogP contribution in [0.5, 0.6) is 11.5 Å². The number of methoxy groups -OCH3 is 1. The van der Waals surface area contributed by atoms with Gasteiger partial charge in [-0.2, -0.15) is 0 Å². The molecule has 2 aromatic rings. The van der Waals surface area contributed by atoms with E-state index in [1.165, 1.54) is 18.4 Å². The average Bonchev–Trinajstić information content (AvgIpc) is 3.32. The van der Waals surface area contributed by atoms with Gasteiger partial charge >= 0.3 is 0 Å². The first-order valence-electron chi connectivity index (χ1n) is 11.9. The number of para-hydroxylation sites is 2. The monoisotopic (exact) mass is 435 g/mol. The zero-order valence-electron chi connectivity index (χ0n) is 18.9. The number of fused-ring (bicyclic) bond motifs is 1. The first-order valence-corrected chi connectivity index (χ1v) is 11.9. The van der Waals surface area contributed by atoms with E-state index in [9.17, 15) is 4.79 Å². The Morgan fingerprint density at radius 2 is 1.78 bits per heavy atom. The standard InChI is InChI=1S/C26H33N3O3/c1-31-24-11-10-19(16-25(24)32-21-6-2-3-7-21)17-28-14-12-20(13-15-28)29-18-26(30)27-22-8-4-5-9-23(22)29/h4-5,8-11,16,20-21H,2-3,6-7,12-15,17-18H2,1H3,(H,27,30). The van der Waals surface area contributed by atoms with Crippen LogP contribution in [0.1, 0.15) is 44.1 Å². The number of amides is 1. The van der Waals surface area contributed by atoms with E-state index in [2.05, 4.69) is 33.3 Å². The predicted molar refractivity (Wildman–Crippen MR) is 127 cm³/mol. The third-order valence-electron chi connectivity index (χ3n) is 7.03. The molecule has 1 amide bonds. The Hall–Kier alpha value is -2.73. The van der Waals surface area contributed by atoms with E-state index in [-0.39, 0.29) is 5.91 Å². The molecule has 0 atom stereocenters. The largest absolute Gasteiger partial charge is 0.493 e. The third kappa shape index (κ3) is 4.56. The lowest BCUT2D eigenvalue weighted by Crippen LogP contribution is -2.49. The molecule has 1 N–H and O–H groups in total. The number of rotatable bonds is 6. The van der Waals surface area contributed by atoms with Crippen molar-refractivity contribution in [3.8, 4) is 11.5 Å². The number of benzene rings is 2. The fourth-order valence-electron chi connectivity index (χ4n) is 5.33. The lowest BCUT2D eigenvalue weighted by molar-refractivity contribution is -0.115. The van der Waals surface area contributed by atoms with E-state index in [0.717, 1.165) is 68.2 Å². The highest BCUT2D eigenvalue weighted by Crippen LogP contribution is 2.35. The van der Waals surface area contributed by atoms with Crippen LogP contribution in [0, 0.1) is 0 Å². The number of hydrogen-bond acceptors (Lipinski definition) is 5. The molecule has 5 rings (SSSR count). The highest BCUT2D eigenvalue weighted by atomic mass is 16.5.